The molecular weight excluding hydrogens is 301 g/mol. The number of carbonyl (C=O) groups is 1. The molecule has 1 amide bonds. The minimum atomic E-state index is -0.281. The van der Waals surface area contributed by atoms with Gasteiger partial charge in [-0.3, -0.25) is 4.79 Å². The lowest BCUT2D eigenvalue weighted by molar-refractivity contribution is -0.128. The molecule has 5 heteroatoms. The van der Waals surface area contributed by atoms with E-state index in [0.717, 1.165) is 11.3 Å². The predicted octanol–water partition coefficient (Wildman–Crippen LogP) is 3.61. The lowest BCUT2D eigenvalue weighted by Crippen LogP contribution is -2.28. The van der Waals surface area contributed by atoms with Crippen LogP contribution < -0.4 is 4.74 Å². The van der Waals surface area contributed by atoms with Gasteiger partial charge >= 0.3 is 0 Å². The van der Waals surface area contributed by atoms with Crippen LogP contribution in [0.1, 0.15) is 16.5 Å². The molecule has 2 aromatic carbocycles. The molecule has 0 aliphatic carbocycles. The number of methoxy groups -OCH3 is 1. The Morgan fingerprint density at radius 2 is 2.09 bits per heavy atom. The number of hydrogen-bond acceptors (Lipinski definition) is 3. The van der Waals surface area contributed by atoms with Crippen molar-refractivity contribution < 1.29 is 13.9 Å². The fourth-order valence-corrected chi connectivity index (χ4v) is 3.68. The number of nitrogens with zero attached hydrogens (tertiary/aromatic N) is 1. The van der Waals surface area contributed by atoms with Crippen LogP contribution in [0.5, 0.6) is 5.75 Å². The van der Waals surface area contributed by atoms with Crippen molar-refractivity contribution in [1.29, 1.82) is 0 Å². The third-order valence-corrected chi connectivity index (χ3v) is 4.90. The number of carbonyl (C=O) groups excluding carboxylic acids is 1. The molecule has 3 nitrogen and oxygen atoms in total. The van der Waals surface area contributed by atoms with Crippen molar-refractivity contribution in [2.45, 2.75) is 11.9 Å². The van der Waals surface area contributed by atoms with E-state index < -0.39 is 0 Å². The van der Waals surface area contributed by atoms with Crippen molar-refractivity contribution in [2.75, 3.05) is 12.9 Å². The van der Waals surface area contributed by atoms with Gasteiger partial charge < -0.3 is 9.64 Å². The first kappa shape index (κ1) is 14.9. The average molecular weight is 317 g/mol. The summed E-state index contributed by atoms with van der Waals surface area (Å²) in [5, 5.41) is -0.109. The highest BCUT2D eigenvalue weighted by Gasteiger charge is 2.33. The van der Waals surface area contributed by atoms with Crippen LogP contribution in [0.3, 0.4) is 0 Å². The third kappa shape index (κ3) is 2.95. The van der Waals surface area contributed by atoms with Gasteiger partial charge in [0, 0.05) is 12.1 Å². The molecule has 2 aromatic rings. The first-order valence-electron chi connectivity index (χ1n) is 6.97. The lowest BCUT2D eigenvalue weighted by Gasteiger charge is -2.24. The number of halogens is 1. The average Bonchev–Trinajstić information content (AvgIpc) is 2.91. The number of benzene rings is 2. The molecule has 0 saturated carbocycles. The maximum atomic E-state index is 13.9. The fraction of sp³-hybridized carbons (Fsp3) is 0.235. The molecule has 1 unspecified atom stereocenters. The van der Waals surface area contributed by atoms with Gasteiger partial charge in [-0.2, -0.15) is 0 Å². The van der Waals surface area contributed by atoms with E-state index in [0.29, 0.717) is 11.3 Å². The molecule has 114 valence electrons. The van der Waals surface area contributed by atoms with Crippen LogP contribution in [0.2, 0.25) is 0 Å². The largest absolute Gasteiger partial charge is 0.497 e. The Morgan fingerprint density at radius 1 is 1.27 bits per heavy atom. The van der Waals surface area contributed by atoms with Crippen LogP contribution in [0, 0.1) is 5.82 Å². The molecule has 1 fully saturated rings. The van der Waals surface area contributed by atoms with E-state index in [1.165, 1.54) is 6.07 Å². The van der Waals surface area contributed by atoms with E-state index >= 15 is 0 Å². The second-order valence-electron chi connectivity index (χ2n) is 5.05. The van der Waals surface area contributed by atoms with Gasteiger partial charge in [-0.15, -0.1) is 11.8 Å². The zero-order valence-electron chi connectivity index (χ0n) is 12.2. The van der Waals surface area contributed by atoms with Gasteiger partial charge in [0.1, 0.15) is 16.9 Å². The summed E-state index contributed by atoms with van der Waals surface area (Å²) in [6.45, 7) is 0.278. The second-order valence-corrected chi connectivity index (χ2v) is 6.12. The van der Waals surface area contributed by atoms with Gasteiger partial charge in [-0.05, 0) is 23.8 Å². The van der Waals surface area contributed by atoms with Gasteiger partial charge in [0.15, 0.2) is 0 Å². The maximum absolute atomic E-state index is 13.9. The summed E-state index contributed by atoms with van der Waals surface area (Å²) in [5.74, 6) is 0.914. The molecule has 0 aromatic heterocycles. The quantitative estimate of drug-likeness (QED) is 0.863. The number of ether oxygens (including phenoxy) is 1. The molecule has 1 heterocycles. The molecule has 0 spiro atoms. The van der Waals surface area contributed by atoms with Crippen molar-refractivity contribution in [2.24, 2.45) is 0 Å². The number of rotatable bonds is 4. The zero-order chi connectivity index (χ0) is 15.5. The van der Waals surface area contributed by atoms with E-state index in [-0.39, 0.29) is 23.6 Å². The van der Waals surface area contributed by atoms with Crippen LogP contribution in [0.25, 0.3) is 0 Å². The number of thioether (sulfide) groups is 1. The standard InChI is InChI=1S/C17H16FNO2S/c1-21-14-7-4-6-12(9-14)17-19(16(20)11-22-17)10-13-5-2-3-8-15(13)18/h2-9,17H,10-11H2,1H3. The summed E-state index contributed by atoms with van der Waals surface area (Å²) in [7, 11) is 1.61. The molecule has 1 saturated heterocycles. The van der Waals surface area contributed by atoms with Gasteiger partial charge in [-0.1, -0.05) is 30.3 Å². The first-order valence-corrected chi connectivity index (χ1v) is 8.02. The van der Waals surface area contributed by atoms with E-state index in [2.05, 4.69) is 0 Å². The smallest absolute Gasteiger partial charge is 0.234 e. The summed E-state index contributed by atoms with van der Waals surface area (Å²) >= 11 is 1.55. The normalized spacial score (nSPS) is 17.8. The van der Waals surface area contributed by atoms with Gasteiger partial charge in [0.05, 0.1) is 12.9 Å². The van der Waals surface area contributed by atoms with Gasteiger partial charge in [0.25, 0.3) is 0 Å². The summed E-state index contributed by atoms with van der Waals surface area (Å²) in [6, 6.07) is 14.2. The fourth-order valence-electron chi connectivity index (χ4n) is 2.51. The molecule has 3 rings (SSSR count). The van der Waals surface area contributed by atoms with Gasteiger partial charge in [-0.25, -0.2) is 4.39 Å². The van der Waals surface area contributed by atoms with Crippen LogP contribution in [-0.2, 0) is 11.3 Å². The van der Waals surface area contributed by atoms with Crippen molar-refractivity contribution in [1.82, 2.24) is 4.90 Å². The molecule has 0 radical (unpaired) electrons. The molecule has 0 N–H and O–H groups in total. The second kappa shape index (κ2) is 6.40. The molecular formula is C17H16FNO2S. The van der Waals surface area contributed by atoms with Crippen LogP contribution in [0.15, 0.2) is 48.5 Å². The topological polar surface area (TPSA) is 29.5 Å². The highest BCUT2D eigenvalue weighted by atomic mass is 32.2. The highest BCUT2D eigenvalue weighted by Crippen LogP contribution is 2.40. The molecule has 22 heavy (non-hydrogen) atoms. The molecule has 1 aliphatic rings. The zero-order valence-corrected chi connectivity index (χ0v) is 13.0. The number of amides is 1. The van der Waals surface area contributed by atoms with E-state index in [4.69, 9.17) is 4.74 Å². The Labute approximate surface area is 133 Å². The van der Waals surface area contributed by atoms with Crippen LogP contribution in [-0.4, -0.2) is 23.7 Å². The van der Waals surface area contributed by atoms with Crippen LogP contribution >= 0.6 is 11.8 Å². The van der Waals surface area contributed by atoms with Crippen molar-refractivity contribution in [3.8, 4) is 5.75 Å². The van der Waals surface area contributed by atoms with E-state index in [9.17, 15) is 9.18 Å². The minimum Gasteiger partial charge on any atom is -0.497 e. The summed E-state index contributed by atoms with van der Waals surface area (Å²) in [5.41, 5.74) is 1.53. The van der Waals surface area contributed by atoms with E-state index in [1.54, 1.807) is 42.0 Å². The first-order chi connectivity index (χ1) is 10.7. The van der Waals surface area contributed by atoms with E-state index in [1.807, 2.05) is 24.3 Å². The van der Waals surface area contributed by atoms with Crippen molar-refractivity contribution in [3.63, 3.8) is 0 Å². The number of hydrogen-bond donors (Lipinski definition) is 0. The minimum absolute atomic E-state index is 0.0288. The Bertz CT molecular complexity index is 692. The molecule has 0 bridgehead atoms. The Balaban J connectivity index is 1.87. The molecule has 1 atom stereocenters. The predicted molar refractivity (Wildman–Crippen MR) is 85.1 cm³/mol. The lowest BCUT2D eigenvalue weighted by atomic mass is 10.1. The maximum Gasteiger partial charge on any atom is 0.234 e. The Morgan fingerprint density at radius 3 is 2.86 bits per heavy atom. The summed E-state index contributed by atoms with van der Waals surface area (Å²) < 4.78 is 19.1. The highest BCUT2D eigenvalue weighted by molar-refractivity contribution is 8.00. The van der Waals surface area contributed by atoms with Crippen molar-refractivity contribution in [3.05, 3.63) is 65.5 Å². The third-order valence-electron chi connectivity index (χ3n) is 3.65. The monoisotopic (exact) mass is 317 g/mol. The Hall–Kier alpha value is -2.01. The van der Waals surface area contributed by atoms with Crippen molar-refractivity contribution >= 4 is 17.7 Å². The summed E-state index contributed by atoms with van der Waals surface area (Å²) in [4.78, 5) is 13.9. The van der Waals surface area contributed by atoms with Crippen LogP contribution in [0.4, 0.5) is 4.39 Å². The van der Waals surface area contributed by atoms with Gasteiger partial charge in [0.2, 0.25) is 5.91 Å². The summed E-state index contributed by atoms with van der Waals surface area (Å²) in [6.07, 6.45) is 0. The Kier molecular flexibility index (Phi) is 4.34. The SMILES string of the molecule is COc1cccc(C2SCC(=O)N2Cc2ccccc2F)c1. The molecule has 1 aliphatic heterocycles.